The summed E-state index contributed by atoms with van der Waals surface area (Å²) in [6.07, 6.45) is 3.65. The summed E-state index contributed by atoms with van der Waals surface area (Å²) in [7, 11) is 0. The van der Waals surface area contributed by atoms with E-state index < -0.39 is 0 Å². The molecular weight excluding hydrogens is 306 g/mol. The van der Waals surface area contributed by atoms with Crippen molar-refractivity contribution in [2.45, 2.75) is 31.2 Å². The van der Waals surface area contributed by atoms with Gasteiger partial charge in [0.25, 0.3) is 0 Å². The molecule has 2 rings (SSSR count). The molecule has 0 heterocycles. The summed E-state index contributed by atoms with van der Waals surface area (Å²) in [5.41, 5.74) is 7.44. The Morgan fingerprint density at radius 1 is 1.07 bits per heavy atom. The van der Waals surface area contributed by atoms with Gasteiger partial charge in [0.15, 0.2) is 0 Å². The maximum Gasteiger partial charge on any atom is 0.0189 e. The highest BCUT2D eigenvalue weighted by Gasteiger charge is 2.25. The van der Waals surface area contributed by atoms with Crippen LogP contribution in [0.15, 0.2) is 27.1 Å². The Hall–Kier alpha value is 0.140. The van der Waals surface area contributed by atoms with Gasteiger partial charge in [-0.3, -0.25) is 0 Å². The van der Waals surface area contributed by atoms with Gasteiger partial charge in [0.2, 0.25) is 0 Å². The average molecular weight is 319 g/mol. The highest BCUT2D eigenvalue weighted by atomic mass is 79.9. The van der Waals surface area contributed by atoms with Gasteiger partial charge in [-0.05, 0) is 42.5 Å². The van der Waals surface area contributed by atoms with Crippen LogP contribution >= 0.6 is 31.9 Å². The molecule has 1 fully saturated rings. The van der Waals surface area contributed by atoms with Crippen molar-refractivity contribution in [3.05, 3.63) is 32.7 Å². The fraction of sp³-hybridized carbons (Fsp3) is 0.455. The Labute approximate surface area is 101 Å². The van der Waals surface area contributed by atoms with Crippen molar-refractivity contribution in [3.63, 3.8) is 0 Å². The first-order valence-electron chi connectivity index (χ1n) is 4.88. The molecule has 0 amide bonds. The molecule has 2 atom stereocenters. The maximum absolute atomic E-state index is 6.08. The molecule has 0 aliphatic heterocycles. The summed E-state index contributed by atoms with van der Waals surface area (Å²) in [6.45, 7) is 0. The van der Waals surface area contributed by atoms with Gasteiger partial charge in [-0.1, -0.05) is 38.3 Å². The molecule has 3 heteroatoms. The molecule has 0 saturated heterocycles. The van der Waals surface area contributed by atoms with Crippen LogP contribution in [0.4, 0.5) is 0 Å². The van der Waals surface area contributed by atoms with E-state index in [0.29, 0.717) is 12.0 Å². The Morgan fingerprint density at radius 2 is 1.71 bits per heavy atom. The van der Waals surface area contributed by atoms with E-state index in [-0.39, 0.29) is 0 Å². The number of hydrogen-bond acceptors (Lipinski definition) is 1. The van der Waals surface area contributed by atoms with E-state index in [1.54, 1.807) is 0 Å². The van der Waals surface area contributed by atoms with Crippen LogP contribution in [0.2, 0.25) is 0 Å². The first-order valence-corrected chi connectivity index (χ1v) is 6.47. The van der Waals surface area contributed by atoms with Gasteiger partial charge in [0, 0.05) is 15.0 Å². The van der Waals surface area contributed by atoms with E-state index >= 15 is 0 Å². The molecular formula is C11H13Br2N. The predicted octanol–water partition coefficient (Wildman–Crippen LogP) is 3.81. The van der Waals surface area contributed by atoms with E-state index in [2.05, 4.69) is 50.1 Å². The highest BCUT2D eigenvalue weighted by Crippen LogP contribution is 2.35. The topological polar surface area (TPSA) is 26.0 Å². The van der Waals surface area contributed by atoms with Crippen LogP contribution in [0.5, 0.6) is 0 Å². The first-order chi connectivity index (χ1) is 6.66. The molecule has 1 aliphatic rings. The Bertz CT molecular complexity index is 318. The molecule has 1 aromatic carbocycles. The van der Waals surface area contributed by atoms with E-state index in [9.17, 15) is 0 Å². The Morgan fingerprint density at radius 3 is 2.21 bits per heavy atom. The first kappa shape index (κ1) is 10.7. The molecule has 2 unspecified atom stereocenters. The average Bonchev–Trinajstić information content (AvgIpc) is 2.49. The van der Waals surface area contributed by atoms with Gasteiger partial charge in [-0.25, -0.2) is 0 Å². The number of nitrogens with two attached hydrogens (primary N) is 1. The van der Waals surface area contributed by atoms with Gasteiger partial charge >= 0.3 is 0 Å². The summed E-state index contributed by atoms with van der Waals surface area (Å²) in [4.78, 5) is 0. The highest BCUT2D eigenvalue weighted by molar-refractivity contribution is 9.11. The van der Waals surface area contributed by atoms with Crippen molar-refractivity contribution in [1.29, 1.82) is 0 Å². The second kappa shape index (κ2) is 4.33. The lowest BCUT2D eigenvalue weighted by molar-refractivity contribution is 0.612. The Balaban J connectivity index is 2.31. The molecule has 0 aromatic heterocycles. The van der Waals surface area contributed by atoms with Crippen LogP contribution in [0.1, 0.15) is 30.7 Å². The summed E-state index contributed by atoms with van der Waals surface area (Å²) in [5, 5.41) is 0. The zero-order valence-electron chi connectivity index (χ0n) is 7.84. The lowest BCUT2D eigenvalue weighted by Gasteiger charge is -2.16. The minimum Gasteiger partial charge on any atom is -0.327 e. The number of benzene rings is 1. The van der Waals surface area contributed by atoms with E-state index in [1.165, 1.54) is 18.4 Å². The minimum absolute atomic E-state index is 0.344. The van der Waals surface area contributed by atoms with Crippen LogP contribution < -0.4 is 5.73 Å². The van der Waals surface area contributed by atoms with Crippen LogP contribution in [0.25, 0.3) is 0 Å². The minimum atomic E-state index is 0.344. The van der Waals surface area contributed by atoms with Crippen molar-refractivity contribution in [2.75, 3.05) is 0 Å². The summed E-state index contributed by atoms with van der Waals surface area (Å²) in [5.74, 6) is 0.545. The predicted molar refractivity (Wildman–Crippen MR) is 66.4 cm³/mol. The fourth-order valence-electron chi connectivity index (χ4n) is 2.19. The van der Waals surface area contributed by atoms with Crippen LogP contribution in [-0.2, 0) is 0 Å². The zero-order chi connectivity index (χ0) is 10.1. The molecule has 1 saturated carbocycles. The molecule has 76 valence electrons. The monoisotopic (exact) mass is 317 g/mol. The SMILES string of the molecule is NC1CCCC1c1cc(Br)cc(Br)c1. The van der Waals surface area contributed by atoms with Crippen LogP contribution in [-0.4, -0.2) is 6.04 Å². The third-order valence-electron chi connectivity index (χ3n) is 2.88. The third-order valence-corrected chi connectivity index (χ3v) is 3.80. The number of rotatable bonds is 1. The van der Waals surface area contributed by atoms with Gasteiger partial charge < -0.3 is 5.73 Å². The lowest BCUT2D eigenvalue weighted by atomic mass is 9.95. The second-order valence-electron chi connectivity index (χ2n) is 3.90. The fourth-order valence-corrected chi connectivity index (χ4v) is 3.52. The quantitative estimate of drug-likeness (QED) is 0.837. The van der Waals surface area contributed by atoms with Gasteiger partial charge in [0.05, 0.1) is 0 Å². The van der Waals surface area contributed by atoms with Crippen molar-refractivity contribution in [3.8, 4) is 0 Å². The molecule has 2 N–H and O–H groups in total. The summed E-state index contributed by atoms with van der Waals surface area (Å²) >= 11 is 7.02. The normalized spacial score (nSPS) is 26.8. The van der Waals surface area contributed by atoms with Crippen molar-refractivity contribution in [2.24, 2.45) is 5.73 Å². The van der Waals surface area contributed by atoms with Crippen LogP contribution in [0.3, 0.4) is 0 Å². The summed E-state index contributed by atoms with van der Waals surface area (Å²) < 4.78 is 2.25. The lowest BCUT2D eigenvalue weighted by Crippen LogP contribution is -2.22. The van der Waals surface area contributed by atoms with Crippen molar-refractivity contribution < 1.29 is 0 Å². The molecule has 0 radical (unpaired) electrons. The standard InChI is InChI=1S/C11H13Br2N/c12-8-4-7(5-9(13)6-8)10-2-1-3-11(10)14/h4-6,10-11H,1-3,14H2. The smallest absolute Gasteiger partial charge is 0.0189 e. The van der Waals surface area contributed by atoms with E-state index in [4.69, 9.17) is 5.73 Å². The molecule has 14 heavy (non-hydrogen) atoms. The number of halogens is 2. The maximum atomic E-state index is 6.08. The zero-order valence-corrected chi connectivity index (χ0v) is 11.0. The van der Waals surface area contributed by atoms with Crippen LogP contribution in [0, 0.1) is 0 Å². The third kappa shape index (κ3) is 2.20. The summed E-state index contributed by atoms with van der Waals surface area (Å²) in [6, 6.07) is 6.77. The molecule has 0 bridgehead atoms. The van der Waals surface area contributed by atoms with Gasteiger partial charge in [0.1, 0.15) is 0 Å². The second-order valence-corrected chi connectivity index (χ2v) is 5.74. The van der Waals surface area contributed by atoms with E-state index in [0.717, 1.165) is 15.4 Å². The molecule has 1 aliphatic carbocycles. The van der Waals surface area contributed by atoms with Gasteiger partial charge in [-0.15, -0.1) is 0 Å². The molecule has 0 spiro atoms. The number of hydrogen-bond donors (Lipinski definition) is 1. The van der Waals surface area contributed by atoms with E-state index in [1.807, 2.05) is 0 Å². The largest absolute Gasteiger partial charge is 0.327 e. The van der Waals surface area contributed by atoms with Gasteiger partial charge in [-0.2, -0.15) is 0 Å². The van der Waals surface area contributed by atoms with Crippen molar-refractivity contribution >= 4 is 31.9 Å². The molecule has 1 aromatic rings. The Kier molecular flexibility index (Phi) is 3.30. The van der Waals surface area contributed by atoms with Crippen molar-refractivity contribution in [1.82, 2.24) is 0 Å². The molecule has 1 nitrogen and oxygen atoms in total.